The largest absolute Gasteiger partial charge is 0.338 e. The highest BCUT2D eigenvalue weighted by Crippen LogP contribution is 2.35. The van der Waals surface area contributed by atoms with Crippen molar-refractivity contribution in [2.24, 2.45) is 24.6 Å². The van der Waals surface area contributed by atoms with Gasteiger partial charge in [0, 0.05) is 32.4 Å². The van der Waals surface area contributed by atoms with E-state index >= 15 is 0 Å². The SMILES string of the molecule is Cl.Cn1cc(C(=O)N2CC3CCCC(N)C3C2)cn1. The average molecular weight is 285 g/mol. The number of hydrogen-bond donors (Lipinski definition) is 1. The standard InChI is InChI=1S/C13H20N4O.ClH/c1-16-6-10(5-15-16)13(18)17-7-9-3-2-4-12(14)11(9)8-17;/h5-6,9,11-12H,2-4,7-8,14H2,1H3;1H. The van der Waals surface area contributed by atoms with Crippen molar-refractivity contribution >= 4 is 18.3 Å². The molecule has 0 aromatic carbocycles. The van der Waals surface area contributed by atoms with Crippen LogP contribution in [-0.2, 0) is 7.05 Å². The van der Waals surface area contributed by atoms with Gasteiger partial charge in [-0.3, -0.25) is 9.48 Å². The Hall–Kier alpha value is -1.07. The van der Waals surface area contributed by atoms with E-state index in [1.54, 1.807) is 17.1 Å². The summed E-state index contributed by atoms with van der Waals surface area (Å²) in [7, 11) is 1.83. The van der Waals surface area contributed by atoms with Gasteiger partial charge >= 0.3 is 0 Å². The molecule has 1 aromatic rings. The molecule has 1 aliphatic heterocycles. The van der Waals surface area contributed by atoms with Crippen LogP contribution in [0.1, 0.15) is 29.6 Å². The van der Waals surface area contributed by atoms with Crippen molar-refractivity contribution in [3.63, 3.8) is 0 Å². The first-order valence-corrected chi connectivity index (χ1v) is 6.68. The molecule has 0 radical (unpaired) electrons. The Kier molecular flexibility index (Phi) is 4.16. The number of carbonyl (C=O) groups is 1. The minimum atomic E-state index is 0. The monoisotopic (exact) mass is 284 g/mol. The first kappa shape index (κ1) is 14.3. The van der Waals surface area contributed by atoms with E-state index in [0.29, 0.717) is 17.4 Å². The maximum absolute atomic E-state index is 12.3. The zero-order valence-electron chi connectivity index (χ0n) is 11.2. The van der Waals surface area contributed by atoms with Gasteiger partial charge in [0.25, 0.3) is 5.91 Å². The molecule has 3 unspecified atom stereocenters. The normalized spacial score (nSPS) is 29.8. The number of hydrogen-bond acceptors (Lipinski definition) is 3. The Morgan fingerprint density at radius 2 is 2.21 bits per heavy atom. The minimum Gasteiger partial charge on any atom is -0.338 e. The molecule has 1 amide bonds. The Balaban J connectivity index is 0.00000133. The van der Waals surface area contributed by atoms with Crippen LogP contribution in [0.3, 0.4) is 0 Å². The maximum Gasteiger partial charge on any atom is 0.257 e. The minimum absolute atomic E-state index is 0. The molecule has 6 heteroatoms. The Morgan fingerprint density at radius 1 is 1.42 bits per heavy atom. The first-order chi connectivity index (χ1) is 8.65. The summed E-state index contributed by atoms with van der Waals surface area (Å²) in [5, 5.41) is 4.06. The number of aromatic nitrogens is 2. The molecule has 1 aliphatic carbocycles. The summed E-state index contributed by atoms with van der Waals surface area (Å²) < 4.78 is 1.67. The van der Waals surface area contributed by atoms with Gasteiger partial charge in [0.15, 0.2) is 0 Å². The lowest BCUT2D eigenvalue weighted by Crippen LogP contribution is -2.38. The number of nitrogens with zero attached hydrogens (tertiary/aromatic N) is 3. The van der Waals surface area contributed by atoms with E-state index in [1.165, 1.54) is 12.8 Å². The molecular weight excluding hydrogens is 264 g/mol. The fraction of sp³-hybridized carbons (Fsp3) is 0.692. The molecule has 19 heavy (non-hydrogen) atoms. The quantitative estimate of drug-likeness (QED) is 0.838. The second kappa shape index (κ2) is 5.51. The predicted molar refractivity (Wildman–Crippen MR) is 75.2 cm³/mol. The highest BCUT2D eigenvalue weighted by molar-refractivity contribution is 5.93. The van der Waals surface area contributed by atoms with Crippen LogP contribution in [0.2, 0.25) is 0 Å². The molecule has 5 nitrogen and oxygen atoms in total. The zero-order chi connectivity index (χ0) is 12.7. The van der Waals surface area contributed by atoms with Crippen molar-refractivity contribution in [2.75, 3.05) is 13.1 Å². The van der Waals surface area contributed by atoms with E-state index in [1.807, 2.05) is 11.9 Å². The molecular formula is C13H21ClN4O. The summed E-state index contributed by atoms with van der Waals surface area (Å²) in [5.41, 5.74) is 6.86. The number of amides is 1. The lowest BCUT2D eigenvalue weighted by Gasteiger charge is -2.29. The van der Waals surface area contributed by atoms with Crippen LogP contribution in [0.5, 0.6) is 0 Å². The summed E-state index contributed by atoms with van der Waals surface area (Å²) >= 11 is 0. The van der Waals surface area contributed by atoms with E-state index in [4.69, 9.17) is 5.73 Å². The lowest BCUT2D eigenvalue weighted by molar-refractivity contribution is 0.0783. The third kappa shape index (κ3) is 2.62. The van der Waals surface area contributed by atoms with Crippen molar-refractivity contribution in [3.8, 4) is 0 Å². The van der Waals surface area contributed by atoms with Gasteiger partial charge in [-0.15, -0.1) is 12.4 Å². The highest BCUT2D eigenvalue weighted by Gasteiger charge is 2.40. The van der Waals surface area contributed by atoms with E-state index in [-0.39, 0.29) is 24.4 Å². The smallest absolute Gasteiger partial charge is 0.257 e. The van der Waals surface area contributed by atoms with Crippen LogP contribution in [0.25, 0.3) is 0 Å². The van der Waals surface area contributed by atoms with Crippen LogP contribution in [0.4, 0.5) is 0 Å². The summed E-state index contributed by atoms with van der Waals surface area (Å²) in [6.45, 7) is 1.69. The molecule has 2 N–H and O–H groups in total. The fourth-order valence-corrected chi connectivity index (χ4v) is 3.40. The van der Waals surface area contributed by atoms with Crippen LogP contribution in [0, 0.1) is 11.8 Å². The van der Waals surface area contributed by atoms with Gasteiger partial charge in [-0.2, -0.15) is 5.10 Å². The average Bonchev–Trinajstić information content (AvgIpc) is 2.95. The summed E-state index contributed by atoms with van der Waals surface area (Å²) in [4.78, 5) is 14.3. The molecule has 0 bridgehead atoms. The lowest BCUT2D eigenvalue weighted by atomic mass is 9.78. The summed E-state index contributed by atoms with van der Waals surface area (Å²) in [6, 6.07) is 0.274. The molecule has 1 saturated heterocycles. The molecule has 1 saturated carbocycles. The molecule has 106 valence electrons. The van der Waals surface area contributed by atoms with Gasteiger partial charge in [0.2, 0.25) is 0 Å². The van der Waals surface area contributed by atoms with Gasteiger partial charge in [0.05, 0.1) is 11.8 Å². The van der Waals surface area contributed by atoms with E-state index in [9.17, 15) is 4.79 Å². The van der Waals surface area contributed by atoms with Crippen LogP contribution in [-0.4, -0.2) is 39.7 Å². The number of halogens is 1. The molecule has 2 fully saturated rings. The predicted octanol–water partition coefficient (Wildman–Crippen LogP) is 1.04. The third-order valence-electron chi connectivity index (χ3n) is 4.39. The summed E-state index contributed by atoms with van der Waals surface area (Å²) in [6.07, 6.45) is 6.96. The summed E-state index contributed by atoms with van der Waals surface area (Å²) in [5.74, 6) is 1.21. The van der Waals surface area contributed by atoms with Gasteiger partial charge in [-0.1, -0.05) is 6.42 Å². The van der Waals surface area contributed by atoms with Gasteiger partial charge in [0.1, 0.15) is 0 Å². The van der Waals surface area contributed by atoms with Crippen molar-refractivity contribution in [1.82, 2.24) is 14.7 Å². The number of carbonyl (C=O) groups excluding carboxylic acids is 1. The van der Waals surface area contributed by atoms with Crippen molar-refractivity contribution in [3.05, 3.63) is 18.0 Å². The third-order valence-corrected chi connectivity index (χ3v) is 4.39. The Bertz CT molecular complexity index is 461. The van der Waals surface area contributed by atoms with E-state index in [0.717, 1.165) is 19.5 Å². The molecule has 3 atom stereocenters. The van der Waals surface area contributed by atoms with E-state index < -0.39 is 0 Å². The number of aryl methyl sites for hydroxylation is 1. The van der Waals surface area contributed by atoms with Gasteiger partial charge in [-0.25, -0.2) is 0 Å². The highest BCUT2D eigenvalue weighted by atomic mass is 35.5. The molecule has 2 heterocycles. The molecule has 2 aliphatic rings. The Labute approximate surface area is 119 Å². The topological polar surface area (TPSA) is 64.2 Å². The van der Waals surface area contributed by atoms with Crippen molar-refractivity contribution < 1.29 is 4.79 Å². The second-order valence-electron chi connectivity index (χ2n) is 5.63. The van der Waals surface area contributed by atoms with Crippen LogP contribution in [0.15, 0.2) is 12.4 Å². The number of rotatable bonds is 1. The van der Waals surface area contributed by atoms with E-state index in [2.05, 4.69) is 5.10 Å². The van der Waals surface area contributed by atoms with Crippen LogP contribution >= 0.6 is 12.4 Å². The first-order valence-electron chi connectivity index (χ1n) is 6.68. The number of likely N-dealkylation sites (tertiary alicyclic amines) is 1. The molecule has 3 rings (SSSR count). The molecule has 1 aromatic heterocycles. The number of fused-ring (bicyclic) bond motifs is 1. The zero-order valence-corrected chi connectivity index (χ0v) is 12.0. The fourth-order valence-electron chi connectivity index (χ4n) is 3.40. The van der Waals surface area contributed by atoms with Crippen molar-refractivity contribution in [1.29, 1.82) is 0 Å². The number of nitrogens with two attached hydrogens (primary N) is 1. The second-order valence-corrected chi connectivity index (χ2v) is 5.63. The Morgan fingerprint density at radius 3 is 2.84 bits per heavy atom. The van der Waals surface area contributed by atoms with Crippen molar-refractivity contribution in [2.45, 2.75) is 25.3 Å². The van der Waals surface area contributed by atoms with Crippen LogP contribution < -0.4 is 5.73 Å². The maximum atomic E-state index is 12.3. The molecule has 0 spiro atoms. The van der Waals surface area contributed by atoms with Gasteiger partial charge in [-0.05, 0) is 24.7 Å². The van der Waals surface area contributed by atoms with Gasteiger partial charge < -0.3 is 10.6 Å².